The highest BCUT2D eigenvalue weighted by Crippen LogP contribution is 2.24. The predicted molar refractivity (Wildman–Crippen MR) is 75.8 cm³/mol. The second-order valence-electron chi connectivity index (χ2n) is 5.54. The average molecular weight is 259 g/mol. The Labute approximate surface area is 113 Å². The van der Waals surface area contributed by atoms with Crippen molar-refractivity contribution < 1.29 is 5.11 Å². The van der Waals surface area contributed by atoms with Crippen molar-refractivity contribution in [1.82, 2.24) is 14.9 Å². The standard InChI is InChI=1S/C15H21N3O/c1-18-14-5-3-2-4-13(14)17-15(18)10-16-9-11-6-7-12(19)8-11/h2-5,11-12,16,19H,6-10H2,1H3. The van der Waals surface area contributed by atoms with E-state index in [4.69, 9.17) is 0 Å². The molecule has 4 heteroatoms. The van der Waals surface area contributed by atoms with E-state index in [9.17, 15) is 5.11 Å². The Kier molecular flexibility index (Phi) is 3.53. The van der Waals surface area contributed by atoms with Crippen LogP contribution in [0.2, 0.25) is 0 Å². The molecule has 1 aliphatic carbocycles. The Hall–Kier alpha value is -1.39. The Balaban J connectivity index is 1.61. The summed E-state index contributed by atoms with van der Waals surface area (Å²) in [6, 6.07) is 8.21. The molecule has 2 N–H and O–H groups in total. The van der Waals surface area contributed by atoms with E-state index in [1.807, 2.05) is 18.2 Å². The molecule has 1 fully saturated rings. The van der Waals surface area contributed by atoms with E-state index >= 15 is 0 Å². The van der Waals surface area contributed by atoms with Crippen LogP contribution in [0.25, 0.3) is 11.0 Å². The number of aliphatic hydroxyl groups excluding tert-OH is 1. The highest BCUT2D eigenvalue weighted by Gasteiger charge is 2.22. The van der Waals surface area contributed by atoms with Gasteiger partial charge in [-0.3, -0.25) is 0 Å². The molecule has 0 amide bonds. The summed E-state index contributed by atoms with van der Waals surface area (Å²) in [5.41, 5.74) is 2.23. The lowest BCUT2D eigenvalue weighted by molar-refractivity contribution is 0.177. The van der Waals surface area contributed by atoms with Crippen LogP contribution in [0, 0.1) is 5.92 Å². The predicted octanol–water partition coefficient (Wildman–Crippen LogP) is 1.82. The zero-order chi connectivity index (χ0) is 13.2. The van der Waals surface area contributed by atoms with Crippen LogP contribution in [0.4, 0.5) is 0 Å². The molecule has 0 saturated heterocycles. The van der Waals surface area contributed by atoms with Gasteiger partial charge in [0.1, 0.15) is 5.82 Å². The largest absolute Gasteiger partial charge is 0.393 e. The van der Waals surface area contributed by atoms with E-state index < -0.39 is 0 Å². The van der Waals surface area contributed by atoms with Crippen LogP contribution < -0.4 is 5.32 Å². The minimum Gasteiger partial charge on any atom is -0.393 e. The van der Waals surface area contributed by atoms with E-state index in [2.05, 4.69) is 28.0 Å². The van der Waals surface area contributed by atoms with Crippen LogP contribution in [0.1, 0.15) is 25.1 Å². The van der Waals surface area contributed by atoms with Crippen LogP contribution in [-0.4, -0.2) is 27.3 Å². The summed E-state index contributed by atoms with van der Waals surface area (Å²) < 4.78 is 2.14. The van der Waals surface area contributed by atoms with E-state index in [0.717, 1.165) is 43.7 Å². The summed E-state index contributed by atoms with van der Waals surface area (Å²) in [6.07, 6.45) is 2.95. The van der Waals surface area contributed by atoms with Crippen LogP contribution >= 0.6 is 0 Å². The van der Waals surface area contributed by atoms with E-state index in [1.165, 1.54) is 5.52 Å². The molecule has 2 aromatic rings. The Morgan fingerprint density at radius 1 is 1.37 bits per heavy atom. The molecular weight excluding hydrogens is 238 g/mol. The third-order valence-electron chi connectivity index (χ3n) is 4.11. The zero-order valence-electron chi connectivity index (χ0n) is 11.3. The summed E-state index contributed by atoms with van der Waals surface area (Å²) in [6.45, 7) is 1.76. The topological polar surface area (TPSA) is 50.1 Å². The number of nitrogens with one attached hydrogen (secondary N) is 1. The molecule has 3 rings (SSSR count). The number of fused-ring (bicyclic) bond motifs is 1. The van der Waals surface area contributed by atoms with Crippen molar-refractivity contribution in [2.45, 2.75) is 31.9 Å². The van der Waals surface area contributed by atoms with Gasteiger partial charge in [0.2, 0.25) is 0 Å². The van der Waals surface area contributed by atoms with Crippen molar-refractivity contribution in [3.63, 3.8) is 0 Å². The number of nitrogens with zero attached hydrogens (tertiary/aromatic N) is 2. The highest BCUT2D eigenvalue weighted by molar-refractivity contribution is 5.75. The molecule has 1 saturated carbocycles. The van der Waals surface area contributed by atoms with Gasteiger partial charge in [0, 0.05) is 7.05 Å². The quantitative estimate of drug-likeness (QED) is 0.880. The number of aryl methyl sites for hydroxylation is 1. The number of aromatic nitrogens is 2. The van der Waals surface area contributed by atoms with E-state index in [-0.39, 0.29) is 6.10 Å². The lowest BCUT2D eigenvalue weighted by Gasteiger charge is -2.10. The first-order chi connectivity index (χ1) is 9.24. The molecule has 102 valence electrons. The van der Waals surface area contributed by atoms with Crippen molar-refractivity contribution >= 4 is 11.0 Å². The molecule has 1 aromatic heterocycles. The summed E-state index contributed by atoms with van der Waals surface area (Å²) in [5, 5.41) is 13.0. The number of imidazole rings is 1. The SMILES string of the molecule is Cn1c(CNCC2CCC(O)C2)nc2ccccc21. The fourth-order valence-electron chi connectivity index (χ4n) is 2.98. The molecule has 4 nitrogen and oxygen atoms in total. The minimum absolute atomic E-state index is 0.0810. The number of para-hydroxylation sites is 2. The molecule has 0 bridgehead atoms. The van der Waals surface area contributed by atoms with Crippen molar-refractivity contribution in [2.75, 3.05) is 6.54 Å². The Bertz CT molecular complexity index is 564. The molecule has 0 spiro atoms. The summed E-state index contributed by atoms with van der Waals surface area (Å²) >= 11 is 0. The van der Waals surface area contributed by atoms with Gasteiger partial charge >= 0.3 is 0 Å². The highest BCUT2D eigenvalue weighted by atomic mass is 16.3. The third-order valence-corrected chi connectivity index (χ3v) is 4.11. The second-order valence-corrected chi connectivity index (χ2v) is 5.54. The molecule has 2 atom stereocenters. The first kappa shape index (κ1) is 12.6. The molecule has 1 aromatic carbocycles. The van der Waals surface area contributed by atoms with Gasteiger partial charge < -0.3 is 15.0 Å². The maximum absolute atomic E-state index is 9.51. The minimum atomic E-state index is -0.0810. The van der Waals surface area contributed by atoms with Gasteiger partial charge in [0.25, 0.3) is 0 Å². The molecule has 1 heterocycles. The first-order valence-corrected chi connectivity index (χ1v) is 7.03. The Morgan fingerprint density at radius 2 is 2.21 bits per heavy atom. The van der Waals surface area contributed by atoms with Gasteiger partial charge in [-0.05, 0) is 43.9 Å². The number of benzene rings is 1. The number of hydrogen-bond donors (Lipinski definition) is 2. The lowest BCUT2D eigenvalue weighted by atomic mass is 10.1. The maximum atomic E-state index is 9.51. The first-order valence-electron chi connectivity index (χ1n) is 7.03. The second kappa shape index (κ2) is 5.31. The van der Waals surface area contributed by atoms with Crippen LogP contribution in [0.3, 0.4) is 0 Å². The van der Waals surface area contributed by atoms with Gasteiger partial charge in [0.05, 0.1) is 23.7 Å². The zero-order valence-corrected chi connectivity index (χ0v) is 11.3. The van der Waals surface area contributed by atoms with Crippen molar-refractivity contribution in [2.24, 2.45) is 13.0 Å². The number of hydrogen-bond acceptors (Lipinski definition) is 3. The van der Waals surface area contributed by atoms with Crippen molar-refractivity contribution in [3.8, 4) is 0 Å². The third kappa shape index (κ3) is 2.65. The Morgan fingerprint density at radius 3 is 2.95 bits per heavy atom. The summed E-state index contributed by atoms with van der Waals surface area (Å²) in [4.78, 5) is 4.64. The lowest BCUT2D eigenvalue weighted by Crippen LogP contribution is -2.23. The van der Waals surface area contributed by atoms with Crippen LogP contribution in [0.5, 0.6) is 0 Å². The molecular formula is C15H21N3O. The maximum Gasteiger partial charge on any atom is 0.123 e. The van der Waals surface area contributed by atoms with Gasteiger partial charge in [-0.15, -0.1) is 0 Å². The van der Waals surface area contributed by atoms with Crippen molar-refractivity contribution in [3.05, 3.63) is 30.1 Å². The number of aliphatic hydroxyl groups is 1. The molecule has 2 unspecified atom stereocenters. The van der Waals surface area contributed by atoms with Crippen molar-refractivity contribution in [1.29, 1.82) is 0 Å². The van der Waals surface area contributed by atoms with E-state index in [1.54, 1.807) is 0 Å². The fourth-order valence-corrected chi connectivity index (χ4v) is 2.98. The van der Waals surface area contributed by atoms with Gasteiger partial charge in [-0.1, -0.05) is 12.1 Å². The molecule has 0 aliphatic heterocycles. The summed E-state index contributed by atoms with van der Waals surface area (Å²) in [7, 11) is 2.06. The molecule has 19 heavy (non-hydrogen) atoms. The monoisotopic (exact) mass is 259 g/mol. The summed E-state index contributed by atoms with van der Waals surface area (Å²) in [5.74, 6) is 1.68. The molecule has 0 radical (unpaired) electrons. The smallest absolute Gasteiger partial charge is 0.123 e. The fraction of sp³-hybridized carbons (Fsp3) is 0.533. The number of rotatable bonds is 4. The van der Waals surface area contributed by atoms with Gasteiger partial charge in [-0.2, -0.15) is 0 Å². The van der Waals surface area contributed by atoms with Crippen LogP contribution in [-0.2, 0) is 13.6 Å². The van der Waals surface area contributed by atoms with Crippen LogP contribution in [0.15, 0.2) is 24.3 Å². The molecule has 1 aliphatic rings. The van der Waals surface area contributed by atoms with Gasteiger partial charge in [-0.25, -0.2) is 4.98 Å². The average Bonchev–Trinajstić information content (AvgIpc) is 2.96. The van der Waals surface area contributed by atoms with Gasteiger partial charge in [0.15, 0.2) is 0 Å². The van der Waals surface area contributed by atoms with E-state index in [0.29, 0.717) is 5.92 Å². The normalized spacial score (nSPS) is 23.3.